The van der Waals surface area contributed by atoms with Crippen molar-refractivity contribution in [2.75, 3.05) is 13.2 Å². The van der Waals surface area contributed by atoms with E-state index in [4.69, 9.17) is 4.74 Å². The average molecular weight is 465 g/mol. The van der Waals surface area contributed by atoms with Crippen LogP contribution < -0.4 is 10.6 Å². The van der Waals surface area contributed by atoms with E-state index in [2.05, 4.69) is 22.8 Å². The van der Waals surface area contributed by atoms with E-state index in [1.807, 2.05) is 36.4 Å². The van der Waals surface area contributed by atoms with Gasteiger partial charge in [-0.05, 0) is 42.0 Å². The van der Waals surface area contributed by atoms with E-state index in [9.17, 15) is 19.5 Å². The summed E-state index contributed by atoms with van der Waals surface area (Å²) in [7, 11) is 0. The number of carbonyl (C=O) groups is 3. The van der Waals surface area contributed by atoms with Crippen LogP contribution in [0.5, 0.6) is 0 Å². The van der Waals surface area contributed by atoms with Gasteiger partial charge >= 0.3 is 12.1 Å². The lowest BCUT2D eigenvalue weighted by molar-refractivity contribution is -0.149. The van der Waals surface area contributed by atoms with Gasteiger partial charge in [-0.2, -0.15) is 0 Å². The van der Waals surface area contributed by atoms with Crippen LogP contribution in [0, 0.1) is 5.41 Å². The Morgan fingerprint density at radius 1 is 0.971 bits per heavy atom. The number of carbonyl (C=O) groups excluding carboxylic acids is 2. The van der Waals surface area contributed by atoms with Crippen molar-refractivity contribution in [1.29, 1.82) is 0 Å². The van der Waals surface area contributed by atoms with Crippen molar-refractivity contribution in [2.45, 2.75) is 57.4 Å². The Labute approximate surface area is 199 Å². The van der Waals surface area contributed by atoms with Crippen LogP contribution in [0.4, 0.5) is 4.79 Å². The molecular weight excluding hydrogens is 432 g/mol. The number of hydrogen-bond donors (Lipinski definition) is 3. The number of benzene rings is 2. The normalized spacial score (nSPS) is 17.6. The fraction of sp³-hybridized carbons (Fsp3) is 0.444. The van der Waals surface area contributed by atoms with Crippen LogP contribution in [0.1, 0.15) is 62.5 Å². The van der Waals surface area contributed by atoms with E-state index in [1.54, 1.807) is 6.92 Å². The predicted molar refractivity (Wildman–Crippen MR) is 128 cm³/mol. The number of nitrogens with one attached hydrogen (secondary N) is 2. The minimum Gasteiger partial charge on any atom is -0.481 e. The summed E-state index contributed by atoms with van der Waals surface area (Å²) in [5, 5.41) is 15.1. The van der Waals surface area contributed by atoms with Gasteiger partial charge in [0.25, 0.3) is 0 Å². The first-order chi connectivity index (χ1) is 16.4. The molecule has 1 fully saturated rings. The number of rotatable bonds is 7. The van der Waals surface area contributed by atoms with Gasteiger partial charge in [0.2, 0.25) is 5.91 Å². The van der Waals surface area contributed by atoms with E-state index in [-0.39, 0.29) is 19.1 Å². The highest BCUT2D eigenvalue weighted by Gasteiger charge is 2.39. The number of hydrogen-bond acceptors (Lipinski definition) is 4. The molecular formula is C27H32N2O5. The second kappa shape index (κ2) is 10.3. The maximum absolute atomic E-state index is 12.6. The third kappa shape index (κ3) is 4.93. The third-order valence-corrected chi connectivity index (χ3v) is 7.19. The Kier molecular flexibility index (Phi) is 7.20. The molecule has 0 aliphatic heterocycles. The number of carboxylic acids is 1. The zero-order valence-corrected chi connectivity index (χ0v) is 19.5. The summed E-state index contributed by atoms with van der Waals surface area (Å²) in [6.07, 6.45) is 4.15. The Bertz CT molecular complexity index is 1010. The van der Waals surface area contributed by atoms with Gasteiger partial charge in [-0.3, -0.25) is 9.59 Å². The number of fused-ring (bicyclic) bond motifs is 3. The molecule has 2 aromatic rings. The maximum Gasteiger partial charge on any atom is 0.407 e. The second-order valence-corrected chi connectivity index (χ2v) is 9.41. The minimum absolute atomic E-state index is 0.0621. The van der Waals surface area contributed by atoms with Gasteiger partial charge in [0.05, 0.1) is 5.41 Å². The fourth-order valence-corrected chi connectivity index (χ4v) is 5.16. The van der Waals surface area contributed by atoms with Gasteiger partial charge in [-0.25, -0.2) is 4.79 Å². The summed E-state index contributed by atoms with van der Waals surface area (Å²) in [4.78, 5) is 37.0. The summed E-state index contributed by atoms with van der Waals surface area (Å²) < 4.78 is 5.51. The third-order valence-electron chi connectivity index (χ3n) is 7.19. The van der Waals surface area contributed by atoms with Crippen LogP contribution in [0.15, 0.2) is 48.5 Å². The molecule has 7 nitrogen and oxygen atoms in total. The van der Waals surface area contributed by atoms with Gasteiger partial charge in [-0.1, -0.05) is 74.2 Å². The van der Waals surface area contributed by atoms with Crippen molar-refractivity contribution in [3.63, 3.8) is 0 Å². The Balaban J connectivity index is 1.31. The molecule has 4 rings (SSSR count). The number of alkyl carbamates (subject to hydrolysis) is 1. The Morgan fingerprint density at radius 3 is 2.09 bits per heavy atom. The molecule has 180 valence electrons. The number of aliphatic carboxylic acids is 1. The summed E-state index contributed by atoms with van der Waals surface area (Å²) in [5.74, 6) is -1.35. The van der Waals surface area contributed by atoms with Crippen molar-refractivity contribution in [2.24, 2.45) is 5.41 Å². The van der Waals surface area contributed by atoms with Crippen LogP contribution >= 0.6 is 0 Å². The highest BCUT2D eigenvalue weighted by Crippen LogP contribution is 2.44. The average Bonchev–Trinajstić information content (AvgIpc) is 2.97. The molecule has 34 heavy (non-hydrogen) atoms. The van der Waals surface area contributed by atoms with Gasteiger partial charge < -0.3 is 20.5 Å². The fourth-order valence-electron chi connectivity index (χ4n) is 5.16. The first kappa shape index (κ1) is 23.8. The molecule has 0 radical (unpaired) electrons. The lowest BCUT2D eigenvalue weighted by atomic mass is 9.80. The van der Waals surface area contributed by atoms with Crippen molar-refractivity contribution >= 4 is 18.0 Å². The maximum atomic E-state index is 12.6. The van der Waals surface area contributed by atoms with Crippen LogP contribution in [0.3, 0.4) is 0 Å². The molecule has 2 aliphatic carbocycles. The quantitative estimate of drug-likeness (QED) is 0.525. The van der Waals surface area contributed by atoms with Crippen molar-refractivity contribution in [3.05, 3.63) is 59.7 Å². The molecule has 1 atom stereocenters. The molecule has 0 bridgehead atoms. The summed E-state index contributed by atoms with van der Waals surface area (Å²) in [6, 6.07) is 15.3. The van der Waals surface area contributed by atoms with E-state index in [1.165, 1.54) is 0 Å². The van der Waals surface area contributed by atoms with Crippen LogP contribution in [0.2, 0.25) is 0 Å². The number of ether oxygens (including phenoxy) is 1. The largest absolute Gasteiger partial charge is 0.481 e. The molecule has 0 aromatic heterocycles. The van der Waals surface area contributed by atoms with Crippen molar-refractivity contribution in [1.82, 2.24) is 10.6 Å². The molecule has 2 amide bonds. The molecule has 7 heteroatoms. The van der Waals surface area contributed by atoms with E-state index in [0.29, 0.717) is 12.8 Å². The molecule has 1 saturated carbocycles. The summed E-state index contributed by atoms with van der Waals surface area (Å²) in [6.45, 7) is 1.80. The smallest absolute Gasteiger partial charge is 0.407 e. The van der Waals surface area contributed by atoms with E-state index < -0.39 is 29.4 Å². The van der Waals surface area contributed by atoms with Crippen molar-refractivity contribution in [3.8, 4) is 11.1 Å². The zero-order chi connectivity index (χ0) is 24.1. The lowest BCUT2D eigenvalue weighted by Gasteiger charge is -2.28. The molecule has 0 unspecified atom stereocenters. The van der Waals surface area contributed by atoms with Crippen LogP contribution in [-0.4, -0.2) is 42.3 Å². The number of amides is 2. The van der Waals surface area contributed by atoms with Crippen LogP contribution in [0.25, 0.3) is 11.1 Å². The van der Waals surface area contributed by atoms with E-state index in [0.717, 1.165) is 47.9 Å². The van der Waals surface area contributed by atoms with Gasteiger partial charge in [0.1, 0.15) is 12.6 Å². The monoisotopic (exact) mass is 464 g/mol. The Hall–Kier alpha value is -3.35. The standard InChI is InChI=1S/C27H32N2O5/c1-18(24(30)28-17-27(25(31)32)14-8-2-3-9-15-27)29-26(33)34-16-23-21-12-6-4-10-19(21)20-11-5-7-13-22(20)23/h4-7,10-13,18,23H,2-3,8-9,14-17H2,1H3,(H,28,30)(H,29,33)(H,31,32)/t18-/m1/s1. The SMILES string of the molecule is C[C@@H](NC(=O)OCC1c2ccccc2-c2ccccc21)C(=O)NCC1(C(=O)O)CCCCCC1. The van der Waals surface area contributed by atoms with Crippen LogP contribution in [-0.2, 0) is 14.3 Å². The molecule has 2 aromatic carbocycles. The molecule has 3 N–H and O–H groups in total. The first-order valence-electron chi connectivity index (χ1n) is 12.0. The highest BCUT2D eigenvalue weighted by atomic mass is 16.5. The Morgan fingerprint density at radius 2 is 1.53 bits per heavy atom. The molecule has 0 saturated heterocycles. The van der Waals surface area contributed by atoms with Gasteiger partial charge in [-0.15, -0.1) is 0 Å². The topological polar surface area (TPSA) is 105 Å². The summed E-state index contributed by atoms with van der Waals surface area (Å²) >= 11 is 0. The molecule has 2 aliphatic rings. The van der Waals surface area contributed by atoms with Gasteiger partial charge in [0, 0.05) is 12.5 Å². The highest BCUT2D eigenvalue weighted by molar-refractivity contribution is 5.86. The van der Waals surface area contributed by atoms with E-state index >= 15 is 0 Å². The molecule has 0 heterocycles. The van der Waals surface area contributed by atoms with Crippen molar-refractivity contribution < 1.29 is 24.2 Å². The predicted octanol–water partition coefficient (Wildman–Crippen LogP) is 4.46. The lowest BCUT2D eigenvalue weighted by Crippen LogP contribution is -2.49. The second-order valence-electron chi connectivity index (χ2n) is 9.41. The summed E-state index contributed by atoms with van der Waals surface area (Å²) in [5.41, 5.74) is 3.58. The minimum atomic E-state index is -0.935. The number of carboxylic acid groups (broad SMARTS) is 1. The van der Waals surface area contributed by atoms with Gasteiger partial charge in [0.15, 0.2) is 0 Å². The first-order valence-corrected chi connectivity index (χ1v) is 12.0. The molecule has 0 spiro atoms. The zero-order valence-electron chi connectivity index (χ0n) is 19.5.